The Balaban J connectivity index is 2.04. The summed E-state index contributed by atoms with van der Waals surface area (Å²) < 4.78 is 11.6. The van der Waals surface area contributed by atoms with Gasteiger partial charge in [-0.15, -0.1) is 0 Å². The number of hydrogen-bond donors (Lipinski definition) is 0. The molecule has 2 rings (SSSR count). The van der Waals surface area contributed by atoms with E-state index in [1.165, 1.54) is 4.90 Å². The fourth-order valence-electron chi connectivity index (χ4n) is 2.72. The lowest BCUT2D eigenvalue weighted by atomic mass is 10.0. The number of likely N-dealkylation sites (N-methyl/N-ethyl adjacent to an activating group) is 1. The zero-order chi connectivity index (χ0) is 17.7. The third-order valence-corrected chi connectivity index (χ3v) is 3.77. The molecule has 24 heavy (non-hydrogen) atoms. The van der Waals surface area contributed by atoms with Crippen molar-refractivity contribution in [2.75, 3.05) is 45.3 Å². The number of aromatic nitrogens is 1. The molecule has 1 aliphatic heterocycles. The maximum atomic E-state index is 11.6. The predicted molar refractivity (Wildman–Crippen MR) is 89.6 cm³/mol. The Morgan fingerprint density at radius 2 is 2.33 bits per heavy atom. The van der Waals surface area contributed by atoms with Gasteiger partial charge in [-0.1, -0.05) is 0 Å². The van der Waals surface area contributed by atoms with Crippen molar-refractivity contribution in [2.24, 2.45) is 0 Å². The zero-order valence-corrected chi connectivity index (χ0v) is 14.7. The summed E-state index contributed by atoms with van der Waals surface area (Å²) in [5.74, 6) is -0.0807. The number of carbonyl (C=O) groups excluding carboxylic acids is 1. The van der Waals surface area contributed by atoms with Crippen LogP contribution in [-0.2, 0) is 14.3 Å². The second-order valence-corrected chi connectivity index (χ2v) is 6.69. The monoisotopic (exact) mass is 332 g/mol. The van der Waals surface area contributed by atoms with E-state index in [0.29, 0.717) is 25.3 Å². The molecule has 1 saturated heterocycles. The highest BCUT2D eigenvalue weighted by Gasteiger charge is 2.34. The summed E-state index contributed by atoms with van der Waals surface area (Å²) in [6, 6.07) is 4.02. The molecule has 1 aromatic heterocycles. The highest BCUT2D eigenvalue weighted by Crippen LogP contribution is 2.28. The van der Waals surface area contributed by atoms with Crippen LogP contribution in [0.15, 0.2) is 18.5 Å². The third kappa shape index (κ3) is 4.66. The Labute approximate surface area is 142 Å². The summed E-state index contributed by atoms with van der Waals surface area (Å²) in [7, 11) is 3.39. The lowest BCUT2D eigenvalue weighted by Crippen LogP contribution is -2.54. The third-order valence-electron chi connectivity index (χ3n) is 3.77. The number of amides is 1. The molecule has 0 aromatic carbocycles. The molecule has 2 heterocycles. The van der Waals surface area contributed by atoms with E-state index >= 15 is 0 Å². The average molecular weight is 332 g/mol. The summed E-state index contributed by atoms with van der Waals surface area (Å²) in [5, 5.41) is 9.28. The number of ether oxygens (including phenoxy) is 2. The number of pyridine rings is 1. The summed E-state index contributed by atoms with van der Waals surface area (Å²) in [5.41, 5.74) is 1.00. The molecule has 1 fully saturated rings. The van der Waals surface area contributed by atoms with Crippen LogP contribution < -0.4 is 4.90 Å². The first-order valence-electron chi connectivity index (χ1n) is 7.87. The van der Waals surface area contributed by atoms with Crippen molar-refractivity contribution < 1.29 is 14.3 Å². The SMILES string of the molecule is CN(C)C(=O)COC[C@H]1CN(c2ccncc2C#N)CC(C)(C)O1. The molecule has 0 aliphatic carbocycles. The van der Waals surface area contributed by atoms with Crippen LogP contribution in [0, 0.1) is 11.3 Å². The number of carbonyl (C=O) groups is 1. The molecule has 0 N–H and O–H groups in total. The maximum Gasteiger partial charge on any atom is 0.248 e. The van der Waals surface area contributed by atoms with E-state index < -0.39 is 0 Å². The predicted octanol–water partition coefficient (Wildman–Crippen LogP) is 1.04. The van der Waals surface area contributed by atoms with Gasteiger partial charge in [0.05, 0.1) is 29.6 Å². The minimum Gasteiger partial charge on any atom is -0.369 e. The van der Waals surface area contributed by atoms with Crippen molar-refractivity contribution in [3.05, 3.63) is 24.0 Å². The van der Waals surface area contributed by atoms with Gasteiger partial charge in [-0.3, -0.25) is 9.78 Å². The summed E-state index contributed by atoms with van der Waals surface area (Å²) in [6.07, 6.45) is 3.07. The molecular formula is C17H24N4O3. The second kappa shape index (κ2) is 7.60. The standard InChI is InChI=1S/C17H24N4O3/c1-17(2)12-21(15-5-6-19-8-13(15)7-18)9-14(24-17)10-23-11-16(22)20(3)4/h5-6,8,14H,9-12H2,1-4H3/t14-/m1/s1. The molecule has 1 amide bonds. The summed E-state index contributed by atoms with van der Waals surface area (Å²) in [4.78, 5) is 19.2. The van der Waals surface area contributed by atoms with Crippen LogP contribution in [0.3, 0.4) is 0 Å². The van der Waals surface area contributed by atoms with E-state index in [4.69, 9.17) is 9.47 Å². The van der Waals surface area contributed by atoms with E-state index in [9.17, 15) is 10.1 Å². The van der Waals surface area contributed by atoms with Crippen LogP contribution in [-0.4, -0.2) is 67.9 Å². The lowest BCUT2D eigenvalue weighted by Gasteiger charge is -2.44. The van der Waals surface area contributed by atoms with E-state index in [-0.39, 0.29) is 24.2 Å². The Bertz CT molecular complexity index is 625. The molecule has 1 atom stereocenters. The Hall–Kier alpha value is -2.17. The van der Waals surface area contributed by atoms with Crippen LogP contribution in [0.1, 0.15) is 19.4 Å². The zero-order valence-electron chi connectivity index (χ0n) is 14.7. The van der Waals surface area contributed by atoms with E-state index in [1.807, 2.05) is 19.9 Å². The fourth-order valence-corrected chi connectivity index (χ4v) is 2.72. The van der Waals surface area contributed by atoms with Crippen LogP contribution in [0.4, 0.5) is 5.69 Å². The molecule has 1 aliphatic rings. The van der Waals surface area contributed by atoms with Gasteiger partial charge in [-0.25, -0.2) is 0 Å². The van der Waals surface area contributed by atoms with Crippen molar-refractivity contribution in [1.82, 2.24) is 9.88 Å². The molecule has 0 radical (unpaired) electrons. The first kappa shape index (κ1) is 18.2. The van der Waals surface area contributed by atoms with Gasteiger partial charge in [-0.05, 0) is 19.9 Å². The number of hydrogen-bond acceptors (Lipinski definition) is 6. The molecular weight excluding hydrogens is 308 g/mol. The Morgan fingerprint density at radius 1 is 1.58 bits per heavy atom. The topological polar surface area (TPSA) is 78.7 Å². The van der Waals surface area contributed by atoms with Crippen molar-refractivity contribution in [2.45, 2.75) is 25.6 Å². The number of rotatable bonds is 5. The number of nitrogens with zero attached hydrogens (tertiary/aromatic N) is 4. The average Bonchev–Trinajstić information content (AvgIpc) is 2.53. The van der Waals surface area contributed by atoms with E-state index in [2.05, 4.69) is 16.0 Å². The van der Waals surface area contributed by atoms with E-state index in [1.54, 1.807) is 26.5 Å². The second-order valence-electron chi connectivity index (χ2n) is 6.69. The van der Waals surface area contributed by atoms with Gasteiger partial charge in [0, 0.05) is 39.6 Å². The first-order chi connectivity index (χ1) is 11.3. The minimum absolute atomic E-state index is 0.0337. The van der Waals surface area contributed by atoms with Crippen molar-refractivity contribution >= 4 is 11.6 Å². The highest BCUT2D eigenvalue weighted by molar-refractivity contribution is 5.76. The summed E-state index contributed by atoms with van der Waals surface area (Å²) in [6.45, 7) is 5.63. The smallest absolute Gasteiger partial charge is 0.248 e. The van der Waals surface area contributed by atoms with Gasteiger partial charge < -0.3 is 19.3 Å². The Kier molecular flexibility index (Phi) is 5.75. The van der Waals surface area contributed by atoms with E-state index in [0.717, 1.165) is 5.69 Å². The number of anilines is 1. The van der Waals surface area contributed by atoms with Gasteiger partial charge in [0.15, 0.2) is 0 Å². The van der Waals surface area contributed by atoms with Crippen molar-refractivity contribution in [3.8, 4) is 6.07 Å². The molecule has 7 heteroatoms. The molecule has 0 saturated carbocycles. The minimum atomic E-state index is -0.381. The van der Waals surface area contributed by atoms with Gasteiger partial charge in [-0.2, -0.15) is 5.26 Å². The normalized spacial score (nSPS) is 19.6. The largest absolute Gasteiger partial charge is 0.369 e. The highest BCUT2D eigenvalue weighted by atomic mass is 16.5. The van der Waals surface area contributed by atoms with Gasteiger partial charge in [0.1, 0.15) is 12.7 Å². The molecule has 7 nitrogen and oxygen atoms in total. The molecule has 0 unspecified atom stereocenters. The summed E-state index contributed by atoms with van der Waals surface area (Å²) >= 11 is 0. The van der Waals surface area contributed by atoms with Crippen molar-refractivity contribution in [3.63, 3.8) is 0 Å². The van der Waals surface area contributed by atoms with Crippen LogP contribution in [0.25, 0.3) is 0 Å². The Morgan fingerprint density at radius 3 is 3.00 bits per heavy atom. The van der Waals surface area contributed by atoms with Gasteiger partial charge in [0.2, 0.25) is 5.91 Å². The quantitative estimate of drug-likeness (QED) is 0.802. The van der Waals surface area contributed by atoms with Crippen LogP contribution >= 0.6 is 0 Å². The van der Waals surface area contributed by atoms with Crippen molar-refractivity contribution in [1.29, 1.82) is 5.26 Å². The van der Waals surface area contributed by atoms with Gasteiger partial charge >= 0.3 is 0 Å². The molecule has 1 aromatic rings. The fraction of sp³-hybridized carbons (Fsp3) is 0.588. The maximum absolute atomic E-state index is 11.6. The molecule has 130 valence electrons. The van der Waals surface area contributed by atoms with Crippen LogP contribution in [0.2, 0.25) is 0 Å². The molecule has 0 spiro atoms. The van der Waals surface area contributed by atoms with Crippen LogP contribution in [0.5, 0.6) is 0 Å². The first-order valence-corrected chi connectivity index (χ1v) is 7.87. The number of nitriles is 1. The number of morpholine rings is 1. The molecule has 0 bridgehead atoms. The van der Waals surface area contributed by atoms with Gasteiger partial charge in [0.25, 0.3) is 0 Å². The lowest BCUT2D eigenvalue weighted by molar-refractivity contribution is -0.139.